The molecule has 5 rings (SSSR count). The number of allylic oxidation sites excluding steroid dienone is 2. The normalized spacial score (nSPS) is 17.8. The fourth-order valence-electron chi connectivity index (χ4n) is 4.72. The monoisotopic (exact) mass is 654 g/mol. The summed E-state index contributed by atoms with van der Waals surface area (Å²) in [5, 5.41) is 1.98. The molecule has 1 aliphatic carbocycles. The van der Waals surface area contributed by atoms with Gasteiger partial charge in [0, 0.05) is 15.6 Å². The SMILES string of the molecule is O=C(CN(C(=O)c1ccc(Cl)c(Cl)c1)N1C(=O)[C@@H]2CC=CC[C@H]2C1=O)c1ccc(OC(=O)c2ccc(Br)cc2)cc1. The highest BCUT2D eigenvalue weighted by Gasteiger charge is 2.51. The summed E-state index contributed by atoms with van der Waals surface area (Å²) in [5.74, 6) is -3.96. The molecule has 0 aromatic heterocycles. The van der Waals surface area contributed by atoms with Crippen molar-refractivity contribution in [1.82, 2.24) is 10.0 Å². The molecule has 0 saturated carbocycles. The number of amides is 3. The second-order valence-corrected chi connectivity index (χ2v) is 11.2. The van der Waals surface area contributed by atoms with E-state index in [2.05, 4.69) is 15.9 Å². The lowest BCUT2D eigenvalue weighted by Crippen LogP contribution is -2.52. The van der Waals surface area contributed by atoms with Crippen molar-refractivity contribution < 1.29 is 28.7 Å². The molecule has 11 heteroatoms. The highest BCUT2D eigenvalue weighted by Crippen LogP contribution is 2.36. The molecule has 1 fully saturated rings. The first kappa shape index (κ1) is 28.7. The average Bonchev–Trinajstić information content (AvgIpc) is 3.22. The molecule has 3 amide bonds. The lowest BCUT2D eigenvalue weighted by atomic mass is 9.85. The molecule has 41 heavy (non-hydrogen) atoms. The summed E-state index contributed by atoms with van der Waals surface area (Å²) in [5.41, 5.74) is 0.579. The second kappa shape index (κ2) is 12.0. The molecule has 0 N–H and O–H groups in total. The minimum Gasteiger partial charge on any atom is -0.423 e. The Labute approximate surface area is 253 Å². The molecule has 1 aliphatic heterocycles. The highest BCUT2D eigenvalue weighted by molar-refractivity contribution is 9.10. The van der Waals surface area contributed by atoms with E-state index in [0.717, 1.165) is 14.5 Å². The summed E-state index contributed by atoms with van der Waals surface area (Å²) >= 11 is 15.4. The molecule has 0 radical (unpaired) electrons. The van der Waals surface area contributed by atoms with Crippen molar-refractivity contribution in [2.45, 2.75) is 12.8 Å². The Balaban J connectivity index is 1.38. The van der Waals surface area contributed by atoms with Crippen LogP contribution in [-0.2, 0) is 9.59 Å². The zero-order chi connectivity index (χ0) is 29.3. The molecule has 8 nitrogen and oxygen atoms in total. The Bertz CT molecular complexity index is 1560. The fraction of sp³-hybridized carbons (Fsp3) is 0.167. The number of benzene rings is 3. The predicted molar refractivity (Wildman–Crippen MR) is 155 cm³/mol. The molecule has 2 aliphatic rings. The molecule has 1 heterocycles. The third-order valence-corrected chi connectivity index (χ3v) is 8.15. The number of esters is 1. The minimum atomic E-state index is -0.759. The molecule has 0 bridgehead atoms. The van der Waals surface area contributed by atoms with Crippen LogP contribution >= 0.6 is 39.1 Å². The zero-order valence-corrected chi connectivity index (χ0v) is 24.4. The third kappa shape index (κ3) is 5.98. The molecule has 3 aromatic carbocycles. The first-order valence-corrected chi connectivity index (χ1v) is 14.1. The number of Topliss-reactive ketones (excluding diaryl/α,β-unsaturated/α-hetero) is 1. The van der Waals surface area contributed by atoms with Crippen LogP contribution in [0.1, 0.15) is 43.9 Å². The van der Waals surface area contributed by atoms with Gasteiger partial charge >= 0.3 is 5.97 Å². The molecule has 0 spiro atoms. The second-order valence-electron chi connectivity index (χ2n) is 9.48. The van der Waals surface area contributed by atoms with Crippen molar-refractivity contribution in [3.63, 3.8) is 0 Å². The van der Waals surface area contributed by atoms with E-state index in [1.807, 2.05) is 12.2 Å². The molecule has 1 saturated heterocycles. The number of hydrogen-bond donors (Lipinski definition) is 0. The number of carbonyl (C=O) groups is 5. The van der Waals surface area contributed by atoms with Crippen LogP contribution in [0, 0.1) is 11.8 Å². The van der Waals surface area contributed by atoms with E-state index in [1.165, 1.54) is 42.5 Å². The lowest BCUT2D eigenvalue weighted by molar-refractivity contribution is -0.154. The number of hydrogen-bond acceptors (Lipinski definition) is 6. The largest absolute Gasteiger partial charge is 0.423 e. The van der Waals surface area contributed by atoms with Crippen LogP contribution in [0.2, 0.25) is 10.0 Å². The number of nitrogens with zero attached hydrogens (tertiary/aromatic N) is 2. The number of ketones is 1. The topological polar surface area (TPSA) is 101 Å². The lowest BCUT2D eigenvalue weighted by Gasteiger charge is -2.30. The van der Waals surface area contributed by atoms with Crippen molar-refractivity contribution in [1.29, 1.82) is 0 Å². The van der Waals surface area contributed by atoms with E-state index in [0.29, 0.717) is 18.4 Å². The Morgan fingerprint density at radius 3 is 1.95 bits per heavy atom. The summed E-state index contributed by atoms with van der Waals surface area (Å²) in [6, 6.07) is 16.5. The maximum absolute atomic E-state index is 13.6. The molecule has 208 valence electrons. The Kier molecular flexibility index (Phi) is 8.40. The van der Waals surface area contributed by atoms with Gasteiger partial charge in [-0.3, -0.25) is 19.2 Å². The molecule has 2 atom stereocenters. The summed E-state index contributed by atoms with van der Waals surface area (Å²) < 4.78 is 6.20. The summed E-state index contributed by atoms with van der Waals surface area (Å²) in [6.45, 7) is -0.596. The van der Waals surface area contributed by atoms with Gasteiger partial charge in [-0.05, 0) is 79.6 Å². The van der Waals surface area contributed by atoms with Gasteiger partial charge < -0.3 is 4.74 Å². The molecular formula is C30H21BrCl2N2O6. The van der Waals surface area contributed by atoms with Crippen LogP contribution in [-0.4, -0.2) is 46.0 Å². The van der Waals surface area contributed by atoms with Gasteiger partial charge in [0.2, 0.25) is 0 Å². The zero-order valence-electron chi connectivity index (χ0n) is 21.3. The maximum atomic E-state index is 13.6. The molecular weight excluding hydrogens is 635 g/mol. The van der Waals surface area contributed by atoms with Gasteiger partial charge in [0.25, 0.3) is 17.7 Å². The third-order valence-electron chi connectivity index (χ3n) is 6.89. The average molecular weight is 656 g/mol. The van der Waals surface area contributed by atoms with Crippen LogP contribution in [0.4, 0.5) is 0 Å². The van der Waals surface area contributed by atoms with E-state index in [1.54, 1.807) is 24.3 Å². The number of rotatable bonds is 7. The smallest absolute Gasteiger partial charge is 0.343 e. The van der Waals surface area contributed by atoms with E-state index in [4.69, 9.17) is 27.9 Å². The van der Waals surface area contributed by atoms with Gasteiger partial charge in [-0.1, -0.05) is 51.3 Å². The van der Waals surface area contributed by atoms with Crippen LogP contribution in [0.25, 0.3) is 0 Å². The van der Waals surface area contributed by atoms with E-state index in [-0.39, 0.29) is 26.9 Å². The van der Waals surface area contributed by atoms with E-state index < -0.39 is 47.9 Å². The van der Waals surface area contributed by atoms with Crippen molar-refractivity contribution >= 4 is 68.6 Å². The quantitative estimate of drug-likeness (QED) is 0.0993. The van der Waals surface area contributed by atoms with Crippen LogP contribution < -0.4 is 4.74 Å². The Morgan fingerprint density at radius 2 is 1.37 bits per heavy atom. The number of carbonyl (C=O) groups excluding carboxylic acids is 5. The van der Waals surface area contributed by atoms with Crippen molar-refractivity contribution in [2.75, 3.05) is 6.54 Å². The predicted octanol–water partition coefficient (Wildman–Crippen LogP) is 6.17. The van der Waals surface area contributed by atoms with Gasteiger partial charge in [0.05, 0.1) is 27.4 Å². The number of halogens is 3. The van der Waals surface area contributed by atoms with Crippen molar-refractivity contribution in [2.24, 2.45) is 11.8 Å². The van der Waals surface area contributed by atoms with Gasteiger partial charge in [0.15, 0.2) is 5.78 Å². The summed E-state index contributed by atoms with van der Waals surface area (Å²) in [6.07, 6.45) is 4.40. The Morgan fingerprint density at radius 1 is 0.805 bits per heavy atom. The number of hydrazine groups is 1. The summed E-state index contributed by atoms with van der Waals surface area (Å²) in [4.78, 5) is 66.1. The first-order valence-electron chi connectivity index (χ1n) is 12.5. The molecule has 3 aromatic rings. The van der Waals surface area contributed by atoms with Gasteiger partial charge in [0.1, 0.15) is 12.3 Å². The van der Waals surface area contributed by atoms with Crippen molar-refractivity contribution in [3.8, 4) is 5.75 Å². The first-order chi connectivity index (χ1) is 19.6. The van der Waals surface area contributed by atoms with Gasteiger partial charge in [-0.15, -0.1) is 0 Å². The number of fused-ring (bicyclic) bond motifs is 1. The van der Waals surface area contributed by atoms with Crippen LogP contribution in [0.15, 0.2) is 83.4 Å². The standard InChI is InChI=1S/C30H21BrCl2N2O6/c31-20-10-5-18(6-11-20)30(40)41-21-12-7-17(8-13-21)26(36)16-34(27(37)19-9-14-24(32)25(33)15-19)35-28(38)22-3-1-2-4-23(22)29(35)39/h1-2,5-15,22-23H,3-4,16H2/t22-,23-/m1/s1. The highest BCUT2D eigenvalue weighted by atomic mass is 79.9. The summed E-state index contributed by atoms with van der Waals surface area (Å²) in [7, 11) is 0. The van der Waals surface area contributed by atoms with Crippen molar-refractivity contribution in [3.05, 3.63) is 110 Å². The molecule has 0 unspecified atom stereocenters. The van der Waals surface area contributed by atoms with Crippen LogP contribution in [0.3, 0.4) is 0 Å². The van der Waals surface area contributed by atoms with Gasteiger partial charge in [-0.2, -0.15) is 5.01 Å². The maximum Gasteiger partial charge on any atom is 0.343 e. The fourth-order valence-corrected chi connectivity index (χ4v) is 5.28. The van der Waals surface area contributed by atoms with Gasteiger partial charge in [-0.25, -0.2) is 9.80 Å². The van der Waals surface area contributed by atoms with E-state index in [9.17, 15) is 24.0 Å². The number of imide groups is 1. The minimum absolute atomic E-state index is 0.0519. The number of ether oxygens (including phenoxy) is 1. The van der Waals surface area contributed by atoms with E-state index >= 15 is 0 Å². The Hall–Kier alpha value is -3.79. The van der Waals surface area contributed by atoms with Crippen LogP contribution in [0.5, 0.6) is 5.75 Å².